The Morgan fingerprint density at radius 3 is 2.75 bits per heavy atom. The molecule has 0 amide bonds. The molecule has 2 heterocycles. The van der Waals surface area contributed by atoms with Crippen LogP contribution in [0.1, 0.15) is 25.5 Å². The molecule has 1 atom stereocenters. The van der Waals surface area contributed by atoms with Crippen LogP contribution in [0.25, 0.3) is 0 Å². The molecule has 4 nitrogen and oxygen atoms in total. The van der Waals surface area contributed by atoms with Crippen molar-refractivity contribution in [3.05, 3.63) is 17.8 Å². The van der Waals surface area contributed by atoms with Crippen molar-refractivity contribution in [3.63, 3.8) is 0 Å². The second-order valence-electron chi connectivity index (χ2n) is 4.99. The molecule has 0 saturated carbocycles. The van der Waals surface area contributed by atoms with Gasteiger partial charge in [-0.3, -0.25) is 0 Å². The highest BCUT2D eigenvalue weighted by molar-refractivity contribution is 5.38. The Balaban J connectivity index is 2.00. The zero-order valence-electron chi connectivity index (χ0n) is 11.5. The summed E-state index contributed by atoms with van der Waals surface area (Å²) in [5.41, 5.74) is 0.792. The number of halogens is 3. The molecule has 1 saturated heterocycles. The number of rotatable bonds is 4. The molecule has 112 valence electrons. The maximum atomic E-state index is 12.8. The topological polar surface area (TPSA) is 41.0 Å². The molecule has 1 aliphatic rings. The van der Waals surface area contributed by atoms with E-state index in [0.717, 1.165) is 12.2 Å². The third-order valence-electron chi connectivity index (χ3n) is 3.47. The van der Waals surface area contributed by atoms with Gasteiger partial charge in [-0.05, 0) is 31.5 Å². The van der Waals surface area contributed by atoms with Crippen molar-refractivity contribution in [2.24, 2.45) is 5.92 Å². The molecule has 1 unspecified atom stereocenters. The first kappa shape index (κ1) is 15.0. The van der Waals surface area contributed by atoms with Crippen LogP contribution in [0.4, 0.5) is 19.0 Å². The molecule has 0 aromatic carbocycles. The van der Waals surface area contributed by atoms with E-state index in [9.17, 15) is 13.2 Å². The highest BCUT2D eigenvalue weighted by atomic mass is 19.4. The summed E-state index contributed by atoms with van der Waals surface area (Å²) in [6.45, 7) is 4.03. The molecule has 1 N–H and O–H groups in total. The first-order valence-corrected chi connectivity index (χ1v) is 6.85. The number of aromatic nitrogens is 2. The van der Waals surface area contributed by atoms with Crippen LogP contribution < -0.4 is 10.2 Å². The number of piperidine rings is 1. The monoisotopic (exact) mass is 288 g/mol. The predicted octanol–water partition coefficient (Wildman–Crippen LogP) is 2.36. The van der Waals surface area contributed by atoms with Crippen LogP contribution in [-0.2, 0) is 6.54 Å². The van der Waals surface area contributed by atoms with Gasteiger partial charge in [0.2, 0.25) is 0 Å². The van der Waals surface area contributed by atoms with E-state index in [1.165, 1.54) is 0 Å². The summed E-state index contributed by atoms with van der Waals surface area (Å²) < 4.78 is 38.3. The Morgan fingerprint density at radius 1 is 1.35 bits per heavy atom. The van der Waals surface area contributed by atoms with Crippen LogP contribution in [0.2, 0.25) is 0 Å². The lowest BCUT2D eigenvalue weighted by Gasteiger charge is -2.34. The fraction of sp³-hybridized carbons (Fsp3) is 0.692. The smallest absolute Gasteiger partial charge is 0.355 e. The van der Waals surface area contributed by atoms with Gasteiger partial charge in [-0.1, -0.05) is 6.92 Å². The minimum absolute atomic E-state index is 0.0231. The summed E-state index contributed by atoms with van der Waals surface area (Å²) in [6.07, 6.45) is -3.39. The number of anilines is 1. The van der Waals surface area contributed by atoms with Gasteiger partial charge in [-0.25, -0.2) is 0 Å². The number of nitrogens with zero attached hydrogens (tertiary/aromatic N) is 3. The Morgan fingerprint density at radius 2 is 2.15 bits per heavy atom. The fourth-order valence-corrected chi connectivity index (χ4v) is 2.32. The van der Waals surface area contributed by atoms with Crippen molar-refractivity contribution in [3.8, 4) is 0 Å². The van der Waals surface area contributed by atoms with Gasteiger partial charge in [-0.2, -0.15) is 18.3 Å². The minimum atomic E-state index is -4.13. The van der Waals surface area contributed by atoms with Crippen LogP contribution in [0.5, 0.6) is 0 Å². The van der Waals surface area contributed by atoms with E-state index in [0.29, 0.717) is 25.3 Å². The Hall–Kier alpha value is -1.37. The predicted molar refractivity (Wildman–Crippen MR) is 70.4 cm³/mol. The highest BCUT2D eigenvalue weighted by Gasteiger charge is 2.42. The molecule has 7 heteroatoms. The van der Waals surface area contributed by atoms with Gasteiger partial charge in [0.15, 0.2) is 5.82 Å². The van der Waals surface area contributed by atoms with Crippen molar-refractivity contribution in [1.82, 2.24) is 15.5 Å². The van der Waals surface area contributed by atoms with Crippen LogP contribution in [0, 0.1) is 5.92 Å². The number of nitrogens with one attached hydrogen (secondary N) is 1. The summed E-state index contributed by atoms with van der Waals surface area (Å²) in [4.78, 5) is 1.67. The average Bonchev–Trinajstić information content (AvgIpc) is 2.45. The molecule has 0 radical (unpaired) electrons. The highest BCUT2D eigenvalue weighted by Crippen LogP contribution is 2.34. The molecule has 20 heavy (non-hydrogen) atoms. The summed E-state index contributed by atoms with van der Waals surface area (Å²) >= 11 is 0. The summed E-state index contributed by atoms with van der Waals surface area (Å²) in [7, 11) is 0. The normalized spacial score (nSPS) is 20.2. The van der Waals surface area contributed by atoms with Crippen LogP contribution in [0.15, 0.2) is 12.1 Å². The Bertz CT molecular complexity index is 419. The van der Waals surface area contributed by atoms with Crippen LogP contribution in [0.3, 0.4) is 0 Å². The average molecular weight is 288 g/mol. The fourth-order valence-electron chi connectivity index (χ4n) is 2.32. The van der Waals surface area contributed by atoms with E-state index in [-0.39, 0.29) is 13.0 Å². The van der Waals surface area contributed by atoms with Crippen molar-refractivity contribution in [2.75, 3.05) is 24.5 Å². The van der Waals surface area contributed by atoms with Crippen molar-refractivity contribution in [2.45, 2.75) is 32.5 Å². The lowest BCUT2D eigenvalue weighted by molar-refractivity contribution is -0.176. The van der Waals surface area contributed by atoms with E-state index >= 15 is 0 Å². The molecule has 1 aromatic rings. The molecule has 1 fully saturated rings. The van der Waals surface area contributed by atoms with E-state index in [1.807, 2.05) is 13.0 Å². The van der Waals surface area contributed by atoms with Crippen molar-refractivity contribution >= 4 is 5.82 Å². The molecule has 2 rings (SSSR count). The zero-order valence-corrected chi connectivity index (χ0v) is 11.5. The van der Waals surface area contributed by atoms with E-state index in [4.69, 9.17) is 0 Å². The second-order valence-corrected chi connectivity index (χ2v) is 4.99. The van der Waals surface area contributed by atoms with Crippen molar-refractivity contribution < 1.29 is 13.2 Å². The lowest BCUT2D eigenvalue weighted by atomic mass is 9.97. The van der Waals surface area contributed by atoms with Gasteiger partial charge >= 0.3 is 6.18 Å². The van der Waals surface area contributed by atoms with Gasteiger partial charge in [0.05, 0.1) is 11.6 Å². The number of alkyl halides is 3. The number of hydrogen-bond acceptors (Lipinski definition) is 4. The lowest BCUT2D eigenvalue weighted by Crippen LogP contribution is -2.42. The molecule has 0 spiro atoms. The van der Waals surface area contributed by atoms with Crippen LogP contribution >= 0.6 is 0 Å². The largest absolute Gasteiger partial charge is 0.393 e. The third-order valence-corrected chi connectivity index (χ3v) is 3.47. The summed E-state index contributed by atoms with van der Waals surface area (Å²) in [6, 6.07) is 3.56. The van der Waals surface area contributed by atoms with Gasteiger partial charge in [0.1, 0.15) is 0 Å². The van der Waals surface area contributed by atoms with Crippen LogP contribution in [-0.4, -0.2) is 36.0 Å². The third kappa shape index (κ3) is 3.82. The van der Waals surface area contributed by atoms with E-state index in [1.54, 1.807) is 11.0 Å². The molecular weight excluding hydrogens is 269 g/mol. The van der Waals surface area contributed by atoms with E-state index in [2.05, 4.69) is 15.5 Å². The molecular formula is C13H19F3N4. The van der Waals surface area contributed by atoms with Gasteiger partial charge in [-0.15, -0.1) is 5.10 Å². The quantitative estimate of drug-likeness (QED) is 0.923. The minimum Gasteiger partial charge on any atom is -0.355 e. The summed E-state index contributed by atoms with van der Waals surface area (Å²) in [5.74, 6) is -0.737. The molecule has 1 aromatic heterocycles. The maximum absolute atomic E-state index is 12.8. The summed E-state index contributed by atoms with van der Waals surface area (Å²) in [5, 5.41) is 11.2. The second kappa shape index (κ2) is 6.39. The Labute approximate surface area is 116 Å². The standard InChI is InChI=1S/C13H19F3N4/c1-2-17-8-11-5-6-12(19-18-11)20-7-3-4-10(9-20)13(14,15)16/h5-6,10,17H,2-4,7-9H2,1H3. The zero-order chi connectivity index (χ0) is 14.6. The van der Waals surface area contributed by atoms with Gasteiger partial charge in [0, 0.05) is 19.6 Å². The first-order valence-electron chi connectivity index (χ1n) is 6.85. The first-order chi connectivity index (χ1) is 9.50. The molecule has 0 aliphatic carbocycles. The van der Waals surface area contributed by atoms with Gasteiger partial charge < -0.3 is 10.2 Å². The SMILES string of the molecule is CCNCc1ccc(N2CCCC(C(F)(F)F)C2)nn1. The Kier molecular flexibility index (Phi) is 4.80. The van der Waals surface area contributed by atoms with Gasteiger partial charge in [0.25, 0.3) is 0 Å². The number of hydrogen-bond donors (Lipinski definition) is 1. The molecule has 1 aliphatic heterocycles. The van der Waals surface area contributed by atoms with Crippen molar-refractivity contribution in [1.29, 1.82) is 0 Å². The molecule has 0 bridgehead atoms. The maximum Gasteiger partial charge on any atom is 0.393 e. The van der Waals surface area contributed by atoms with E-state index < -0.39 is 12.1 Å².